The molecule has 0 atom stereocenters. The van der Waals surface area contributed by atoms with Crippen molar-refractivity contribution in [3.05, 3.63) is 246 Å². The van der Waals surface area contributed by atoms with Crippen LogP contribution in [0.2, 0.25) is 0 Å². The maximum atomic E-state index is 2.40. The molecule has 0 aliphatic heterocycles. The zero-order valence-electron chi connectivity index (χ0n) is 33.2. The lowest BCUT2D eigenvalue weighted by molar-refractivity contribution is 0.660. The standard InChI is InChI=1S/C58H41N/c1-57(2)50-22-10-6-17-45(50)48-36-35-43(37-55(48)57)59(41-15-4-3-5-16-41)42-33-31-39(32-34-42)38-27-29-40(30-28-38)44-21-14-26-54-56(44)49-20-9-13-25-53(49)58(54)51-23-11-7-18-46(51)47-19-8-12-24-52(47)58/h3-37H,1-2H3. The molecule has 3 aliphatic rings. The first-order chi connectivity index (χ1) is 29.0. The molecule has 0 bridgehead atoms. The van der Waals surface area contributed by atoms with Crippen LogP contribution in [-0.4, -0.2) is 0 Å². The molecular formula is C58H41N. The number of para-hydroxylation sites is 1. The highest BCUT2D eigenvalue weighted by Crippen LogP contribution is 2.64. The predicted octanol–water partition coefficient (Wildman–Crippen LogP) is 15.1. The molecule has 0 radical (unpaired) electrons. The fourth-order valence-corrected chi connectivity index (χ4v) is 10.9. The van der Waals surface area contributed by atoms with E-state index < -0.39 is 0 Å². The van der Waals surface area contributed by atoms with E-state index in [-0.39, 0.29) is 10.8 Å². The highest BCUT2D eigenvalue weighted by Gasteiger charge is 2.52. The Morgan fingerprint density at radius 3 is 1.36 bits per heavy atom. The summed E-state index contributed by atoms with van der Waals surface area (Å²) in [6, 6.07) is 78.9. The van der Waals surface area contributed by atoms with E-state index in [9.17, 15) is 0 Å². The SMILES string of the molecule is CC1(C)c2ccccc2-c2ccc(N(c3ccccc3)c3ccc(-c4ccc(-c5cccc6c5-c5ccccc5C65c6ccccc6-c6ccccc65)cc4)cc3)cc21. The minimum Gasteiger partial charge on any atom is -0.310 e. The van der Waals surface area contributed by atoms with Gasteiger partial charge in [-0.15, -0.1) is 0 Å². The normalized spacial score (nSPS) is 14.2. The Morgan fingerprint density at radius 2 is 0.712 bits per heavy atom. The van der Waals surface area contributed by atoms with Crippen LogP contribution in [0.4, 0.5) is 17.1 Å². The highest BCUT2D eigenvalue weighted by molar-refractivity contribution is 6.00. The maximum Gasteiger partial charge on any atom is 0.0725 e. The lowest BCUT2D eigenvalue weighted by Crippen LogP contribution is -2.25. The Morgan fingerprint density at radius 1 is 0.288 bits per heavy atom. The molecule has 0 heterocycles. The third kappa shape index (κ3) is 4.73. The van der Waals surface area contributed by atoms with E-state index in [2.05, 4.69) is 231 Å². The van der Waals surface area contributed by atoms with Crippen LogP contribution in [0.3, 0.4) is 0 Å². The van der Waals surface area contributed by atoms with Gasteiger partial charge in [-0.2, -0.15) is 0 Å². The van der Waals surface area contributed by atoms with Crippen LogP contribution >= 0.6 is 0 Å². The number of nitrogens with zero attached hydrogens (tertiary/aromatic N) is 1. The molecule has 9 aromatic rings. The first-order valence-corrected chi connectivity index (χ1v) is 20.8. The third-order valence-corrected chi connectivity index (χ3v) is 13.5. The van der Waals surface area contributed by atoms with E-state index in [0.29, 0.717) is 0 Å². The molecule has 0 N–H and O–H groups in total. The Labute approximate surface area is 346 Å². The number of fused-ring (bicyclic) bond motifs is 13. The fraction of sp³-hybridized carbons (Fsp3) is 0.0690. The summed E-state index contributed by atoms with van der Waals surface area (Å²) in [7, 11) is 0. The van der Waals surface area contributed by atoms with Crippen LogP contribution in [0.5, 0.6) is 0 Å². The van der Waals surface area contributed by atoms with Gasteiger partial charge in [0.15, 0.2) is 0 Å². The second-order valence-electron chi connectivity index (χ2n) is 16.8. The summed E-state index contributed by atoms with van der Waals surface area (Å²) in [5, 5.41) is 0. The van der Waals surface area contributed by atoms with Crippen molar-refractivity contribution in [3.63, 3.8) is 0 Å². The van der Waals surface area contributed by atoms with Crippen molar-refractivity contribution >= 4 is 17.1 Å². The van der Waals surface area contributed by atoms with Crippen molar-refractivity contribution < 1.29 is 0 Å². The molecule has 12 rings (SSSR count). The monoisotopic (exact) mass is 751 g/mol. The topological polar surface area (TPSA) is 3.24 Å². The summed E-state index contributed by atoms with van der Waals surface area (Å²) >= 11 is 0. The molecule has 0 fully saturated rings. The average Bonchev–Trinajstić information content (AvgIpc) is 3.86. The number of benzene rings is 9. The summed E-state index contributed by atoms with van der Waals surface area (Å²) in [6.07, 6.45) is 0. The minimum atomic E-state index is -0.342. The molecule has 0 amide bonds. The first kappa shape index (κ1) is 33.9. The third-order valence-electron chi connectivity index (χ3n) is 13.5. The van der Waals surface area contributed by atoms with E-state index in [0.717, 1.165) is 17.1 Å². The second kappa shape index (κ2) is 12.6. The van der Waals surface area contributed by atoms with Crippen molar-refractivity contribution in [2.45, 2.75) is 24.7 Å². The molecule has 0 saturated heterocycles. The Kier molecular flexibility index (Phi) is 7.26. The second-order valence-corrected chi connectivity index (χ2v) is 16.8. The zero-order chi connectivity index (χ0) is 39.3. The molecule has 3 aliphatic carbocycles. The summed E-state index contributed by atoms with van der Waals surface area (Å²) in [4.78, 5) is 2.38. The molecule has 0 saturated carbocycles. The number of hydrogen-bond donors (Lipinski definition) is 0. The van der Waals surface area contributed by atoms with Crippen molar-refractivity contribution in [2.75, 3.05) is 4.90 Å². The molecule has 9 aromatic carbocycles. The lowest BCUT2D eigenvalue weighted by Gasteiger charge is -2.30. The summed E-state index contributed by atoms with van der Waals surface area (Å²) in [6.45, 7) is 4.70. The maximum absolute atomic E-state index is 2.40. The first-order valence-electron chi connectivity index (χ1n) is 20.8. The van der Waals surface area contributed by atoms with Gasteiger partial charge in [-0.25, -0.2) is 0 Å². The number of rotatable bonds is 5. The van der Waals surface area contributed by atoms with E-state index in [4.69, 9.17) is 0 Å². The number of hydrogen-bond acceptors (Lipinski definition) is 1. The Balaban J connectivity index is 0.913. The van der Waals surface area contributed by atoms with E-state index in [1.54, 1.807) is 0 Å². The van der Waals surface area contributed by atoms with Gasteiger partial charge in [0, 0.05) is 22.5 Å². The van der Waals surface area contributed by atoms with Crippen LogP contribution in [0.1, 0.15) is 47.2 Å². The minimum absolute atomic E-state index is 0.0711. The largest absolute Gasteiger partial charge is 0.310 e. The summed E-state index contributed by atoms with van der Waals surface area (Å²) in [5.41, 5.74) is 24.2. The smallest absolute Gasteiger partial charge is 0.0725 e. The van der Waals surface area contributed by atoms with Crippen LogP contribution in [0.25, 0.3) is 55.6 Å². The van der Waals surface area contributed by atoms with Crippen molar-refractivity contribution in [3.8, 4) is 55.6 Å². The van der Waals surface area contributed by atoms with E-state index >= 15 is 0 Å². The average molecular weight is 752 g/mol. The van der Waals surface area contributed by atoms with Gasteiger partial charge >= 0.3 is 0 Å². The van der Waals surface area contributed by atoms with Gasteiger partial charge in [0.1, 0.15) is 0 Å². The summed E-state index contributed by atoms with van der Waals surface area (Å²) < 4.78 is 0. The molecular weight excluding hydrogens is 711 g/mol. The molecule has 1 spiro atoms. The molecule has 59 heavy (non-hydrogen) atoms. The Hall–Kier alpha value is -7.22. The van der Waals surface area contributed by atoms with Crippen molar-refractivity contribution in [2.24, 2.45) is 0 Å². The molecule has 0 aromatic heterocycles. The van der Waals surface area contributed by atoms with Gasteiger partial charge in [-0.3, -0.25) is 0 Å². The Bertz CT molecular complexity index is 3070. The van der Waals surface area contributed by atoms with Gasteiger partial charge in [0.25, 0.3) is 0 Å². The van der Waals surface area contributed by atoms with Crippen LogP contribution in [0, 0.1) is 0 Å². The molecule has 278 valence electrons. The van der Waals surface area contributed by atoms with Crippen LogP contribution in [-0.2, 0) is 10.8 Å². The summed E-state index contributed by atoms with van der Waals surface area (Å²) in [5.74, 6) is 0. The fourth-order valence-electron chi connectivity index (χ4n) is 10.9. The van der Waals surface area contributed by atoms with Gasteiger partial charge < -0.3 is 4.90 Å². The van der Waals surface area contributed by atoms with E-state index in [1.807, 2.05) is 0 Å². The van der Waals surface area contributed by atoms with Crippen LogP contribution < -0.4 is 4.90 Å². The molecule has 1 nitrogen and oxygen atoms in total. The molecule has 1 heteroatoms. The van der Waals surface area contributed by atoms with Crippen molar-refractivity contribution in [1.82, 2.24) is 0 Å². The van der Waals surface area contributed by atoms with Gasteiger partial charge in [0.2, 0.25) is 0 Å². The van der Waals surface area contributed by atoms with Gasteiger partial charge in [-0.1, -0.05) is 190 Å². The van der Waals surface area contributed by atoms with Crippen molar-refractivity contribution in [1.29, 1.82) is 0 Å². The highest BCUT2D eigenvalue weighted by atomic mass is 15.1. The van der Waals surface area contributed by atoms with E-state index in [1.165, 1.54) is 89.0 Å². The number of anilines is 3. The lowest BCUT2D eigenvalue weighted by atomic mass is 9.70. The van der Waals surface area contributed by atoms with Gasteiger partial charge in [-0.05, 0) is 125 Å². The zero-order valence-corrected chi connectivity index (χ0v) is 33.2. The molecule has 0 unspecified atom stereocenters. The van der Waals surface area contributed by atoms with Gasteiger partial charge in [0.05, 0.1) is 5.41 Å². The van der Waals surface area contributed by atoms with Crippen LogP contribution in [0.15, 0.2) is 212 Å². The predicted molar refractivity (Wildman–Crippen MR) is 246 cm³/mol. The quantitative estimate of drug-likeness (QED) is 0.169.